The van der Waals surface area contributed by atoms with Crippen molar-refractivity contribution in [2.45, 2.75) is 58.6 Å². The van der Waals surface area contributed by atoms with Crippen molar-refractivity contribution in [3.05, 3.63) is 0 Å². The summed E-state index contributed by atoms with van der Waals surface area (Å²) in [7, 11) is 0. The van der Waals surface area contributed by atoms with Gasteiger partial charge in [0.15, 0.2) is 0 Å². The van der Waals surface area contributed by atoms with Crippen LogP contribution in [0.5, 0.6) is 0 Å². The summed E-state index contributed by atoms with van der Waals surface area (Å²) in [4.78, 5) is 25.4. The van der Waals surface area contributed by atoms with Crippen LogP contribution in [-0.4, -0.2) is 48.1 Å². The van der Waals surface area contributed by atoms with Crippen molar-refractivity contribution in [1.82, 2.24) is 10.2 Å². The second-order valence-corrected chi connectivity index (χ2v) is 6.04. The molecule has 1 amide bonds. The average Bonchev–Trinajstić information content (AvgIpc) is 2.78. The molecule has 1 unspecified atom stereocenters. The average molecular weight is 270 g/mol. The van der Waals surface area contributed by atoms with Gasteiger partial charge in [-0.05, 0) is 40.5 Å². The molecule has 0 saturated carbocycles. The lowest BCUT2D eigenvalue weighted by Gasteiger charge is -2.22. The molecule has 1 aliphatic rings. The first-order valence-electron chi connectivity index (χ1n) is 7.03. The van der Waals surface area contributed by atoms with E-state index < -0.39 is 5.60 Å². The predicted molar refractivity (Wildman–Crippen MR) is 73.7 cm³/mol. The Labute approximate surface area is 115 Å². The highest BCUT2D eigenvalue weighted by molar-refractivity contribution is 5.81. The lowest BCUT2D eigenvalue weighted by molar-refractivity contribution is -0.154. The largest absolute Gasteiger partial charge is 0.460 e. The molecule has 1 saturated heterocycles. The van der Waals surface area contributed by atoms with Crippen molar-refractivity contribution < 1.29 is 14.3 Å². The van der Waals surface area contributed by atoms with Gasteiger partial charge in [-0.3, -0.25) is 9.59 Å². The summed E-state index contributed by atoms with van der Waals surface area (Å²) in [6.07, 6.45) is 2.47. The van der Waals surface area contributed by atoms with Gasteiger partial charge in [-0.2, -0.15) is 0 Å². The summed E-state index contributed by atoms with van der Waals surface area (Å²) in [5, 5.41) is 3.08. The zero-order valence-electron chi connectivity index (χ0n) is 12.5. The first-order chi connectivity index (χ1) is 8.79. The van der Waals surface area contributed by atoms with Gasteiger partial charge in [0.2, 0.25) is 5.91 Å². The van der Waals surface area contributed by atoms with Gasteiger partial charge in [0.05, 0.1) is 12.5 Å². The minimum atomic E-state index is -0.450. The summed E-state index contributed by atoms with van der Waals surface area (Å²) in [5.41, 5.74) is -0.450. The van der Waals surface area contributed by atoms with Gasteiger partial charge in [0, 0.05) is 19.6 Å². The Morgan fingerprint density at radius 2 is 1.84 bits per heavy atom. The van der Waals surface area contributed by atoms with E-state index in [4.69, 9.17) is 4.74 Å². The number of ether oxygens (including phenoxy) is 1. The Balaban J connectivity index is 2.21. The standard InChI is InChI=1S/C14H26N2O3/c1-11(13(18)16-9-5-6-10-16)15-8-7-12(17)19-14(2,3)4/h11,15H,5-10H2,1-4H3. The van der Waals surface area contributed by atoms with Gasteiger partial charge in [-0.1, -0.05) is 0 Å². The maximum atomic E-state index is 12.0. The van der Waals surface area contributed by atoms with Gasteiger partial charge in [0.1, 0.15) is 5.60 Å². The molecule has 19 heavy (non-hydrogen) atoms. The normalized spacial score (nSPS) is 17.4. The number of carbonyl (C=O) groups excluding carboxylic acids is 2. The van der Waals surface area contributed by atoms with Crippen LogP contribution in [0, 0.1) is 0 Å². The number of amides is 1. The molecule has 5 nitrogen and oxygen atoms in total. The molecule has 1 atom stereocenters. The highest BCUT2D eigenvalue weighted by Gasteiger charge is 2.23. The molecule has 0 aromatic carbocycles. The minimum Gasteiger partial charge on any atom is -0.460 e. The second kappa shape index (κ2) is 6.89. The molecule has 1 rings (SSSR count). The third-order valence-corrected chi connectivity index (χ3v) is 2.99. The lowest BCUT2D eigenvalue weighted by Crippen LogP contribution is -2.44. The van der Waals surface area contributed by atoms with Crippen molar-refractivity contribution in [1.29, 1.82) is 0 Å². The predicted octanol–water partition coefficient (Wildman–Crippen LogP) is 1.32. The van der Waals surface area contributed by atoms with Gasteiger partial charge >= 0.3 is 5.97 Å². The first-order valence-corrected chi connectivity index (χ1v) is 7.03. The minimum absolute atomic E-state index is 0.127. The summed E-state index contributed by atoms with van der Waals surface area (Å²) in [6.45, 7) is 9.56. The molecule has 110 valence electrons. The maximum Gasteiger partial charge on any atom is 0.307 e. The van der Waals surface area contributed by atoms with Crippen molar-refractivity contribution in [3.8, 4) is 0 Å². The van der Waals surface area contributed by atoms with E-state index in [1.165, 1.54) is 0 Å². The number of esters is 1. The topological polar surface area (TPSA) is 58.6 Å². The SMILES string of the molecule is CC(NCCC(=O)OC(C)(C)C)C(=O)N1CCCC1. The van der Waals surface area contributed by atoms with Gasteiger partial charge in [-0.15, -0.1) is 0 Å². The third kappa shape index (κ3) is 6.05. The van der Waals surface area contributed by atoms with Crippen molar-refractivity contribution >= 4 is 11.9 Å². The van der Waals surface area contributed by atoms with E-state index >= 15 is 0 Å². The molecule has 0 aromatic heterocycles. The number of likely N-dealkylation sites (tertiary alicyclic amines) is 1. The molecule has 0 radical (unpaired) electrons. The molecule has 5 heteroatoms. The number of hydrogen-bond acceptors (Lipinski definition) is 4. The van der Waals surface area contributed by atoms with Crippen LogP contribution in [0.25, 0.3) is 0 Å². The molecule has 1 heterocycles. The van der Waals surface area contributed by atoms with E-state index in [0.29, 0.717) is 6.54 Å². The van der Waals surface area contributed by atoms with E-state index in [9.17, 15) is 9.59 Å². The summed E-state index contributed by atoms with van der Waals surface area (Å²) >= 11 is 0. The van der Waals surface area contributed by atoms with Crippen LogP contribution in [0.1, 0.15) is 47.0 Å². The van der Waals surface area contributed by atoms with E-state index in [0.717, 1.165) is 25.9 Å². The maximum absolute atomic E-state index is 12.0. The van der Waals surface area contributed by atoms with E-state index in [1.54, 1.807) is 0 Å². The fourth-order valence-electron chi connectivity index (χ4n) is 2.08. The van der Waals surface area contributed by atoms with Crippen LogP contribution >= 0.6 is 0 Å². The number of nitrogens with one attached hydrogen (secondary N) is 1. The van der Waals surface area contributed by atoms with E-state index in [-0.39, 0.29) is 24.3 Å². The summed E-state index contributed by atoms with van der Waals surface area (Å²) < 4.78 is 5.21. The Bertz CT molecular complexity index is 317. The van der Waals surface area contributed by atoms with Gasteiger partial charge < -0.3 is 15.0 Å². The first kappa shape index (κ1) is 16.0. The van der Waals surface area contributed by atoms with Crippen molar-refractivity contribution in [3.63, 3.8) is 0 Å². The molecule has 1 fully saturated rings. The molecule has 1 aliphatic heterocycles. The summed E-state index contributed by atoms with van der Waals surface area (Å²) in [5.74, 6) is -0.109. The Kier molecular flexibility index (Phi) is 5.79. The monoisotopic (exact) mass is 270 g/mol. The Morgan fingerprint density at radius 3 is 2.37 bits per heavy atom. The molecular weight excluding hydrogens is 244 g/mol. The van der Waals surface area contributed by atoms with Crippen LogP contribution in [0.4, 0.5) is 0 Å². The smallest absolute Gasteiger partial charge is 0.307 e. The molecule has 0 spiro atoms. The number of hydrogen-bond donors (Lipinski definition) is 1. The van der Waals surface area contributed by atoms with Crippen LogP contribution in [0.2, 0.25) is 0 Å². The van der Waals surface area contributed by atoms with Gasteiger partial charge in [0.25, 0.3) is 0 Å². The fraction of sp³-hybridized carbons (Fsp3) is 0.857. The number of carbonyl (C=O) groups is 2. The molecule has 1 N–H and O–H groups in total. The quantitative estimate of drug-likeness (QED) is 0.765. The van der Waals surface area contributed by atoms with E-state index in [2.05, 4.69) is 5.32 Å². The van der Waals surface area contributed by atoms with Gasteiger partial charge in [-0.25, -0.2) is 0 Å². The van der Waals surface area contributed by atoms with Crippen molar-refractivity contribution in [2.24, 2.45) is 0 Å². The lowest BCUT2D eigenvalue weighted by atomic mass is 10.2. The number of rotatable bonds is 5. The second-order valence-electron chi connectivity index (χ2n) is 6.04. The van der Waals surface area contributed by atoms with Crippen LogP contribution < -0.4 is 5.32 Å². The van der Waals surface area contributed by atoms with E-state index in [1.807, 2.05) is 32.6 Å². The molecule has 0 aromatic rings. The Morgan fingerprint density at radius 1 is 1.26 bits per heavy atom. The molecular formula is C14H26N2O3. The van der Waals surface area contributed by atoms with Crippen LogP contribution in [-0.2, 0) is 14.3 Å². The molecule has 0 aliphatic carbocycles. The fourth-order valence-corrected chi connectivity index (χ4v) is 2.08. The zero-order valence-corrected chi connectivity index (χ0v) is 12.5. The van der Waals surface area contributed by atoms with Crippen molar-refractivity contribution in [2.75, 3.05) is 19.6 Å². The number of nitrogens with zero attached hydrogens (tertiary/aromatic N) is 1. The van der Waals surface area contributed by atoms with Crippen LogP contribution in [0.3, 0.4) is 0 Å². The summed E-state index contributed by atoms with van der Waals surface area (Å²) in [6, 6.07) is -0.236. The zero-order chi connectivity index (χ0) is 14.5. The Hall–Kier alpha value is -1.10. The highest BCUT2D eigenvalue weighted by atomic mass is 16.6. The third-order valence-electron chi connectivity index (χ3n) is 2.99. The highest BCUT2D eigenvalue weighted by Crippen LogP contribution is 2.09. The molecule has 0 bridgehead atoms. The van der Waals surface area contributed by atoms with Crippen LogP contribution in [0.15, 0.2) is 0 Å².